The van der Waals surface area contributed by atoms with Crippen molar-refractivity contribution >= 4 is 17.3 Å². The number of nitrogens with one attached hydrogen (secondary N) is 1. The van der Waals surface area contributed by atoms with Crippen molar-refractivity contribution in [3.05, 3.63) is 48.5 Å². The summed E-state index contributed by atoms with van der Waals surface area (Å²) >= 11 is 0. The Hall–Kier alpha value is -2.69. The SMILES string of the molecule is CCOc1ccc(NC(=O)CN2CCOc3ccccc32)cc1. The van der Waals surface area contributed by atoms with E-state index >= 15 is 0 Å². The van der Waals surface area contributed by atoms with Crippen LogP contribution in [0.25, 0.3) is 0 Å². The van der Waals surface area contributed by atoms with Gasteiger partial charge in [0.2, 0.25) is 5.91 Å². The van der Waals surface area contributed by atoms with Gasteiger partial charge in [-0.05, 0) is 43.3 Å². The van der Waals surface area contributed by atoms with Gasteiger partial charge in [0.15, 0.2) is 0 Å². The topological polar surface area (TPSA) is 50.8 Å². The average molecular weight is 312 g/mol. The van der Waals surface area contributed by atoms with Gasteiger partial charge in [-0.15, -0.1) is 0 Å². The van der Waals surface area contributed by atoms with Crippen molar-refractivity contribution in [1.82, 2.24) is 0 Å². The number of amides is 1. The predicted molar refractivity (Wildman–Crippen MR) is 90.4 cm³/mol. The van der Waals surface area contributed by atoms with Crippen molar-refractivity contribution in [2.24, 2.45) is 0 Å². The van der Waals surface area contributed by atoms with Gasteiger partial charge < -0.3 is 19.7 Å². The lowest BCUT2D eigenvalue weighted by Crippen LogP contribution is -2.38. The van der Waals surface area contributed by atoms with E-state index in [4.69, 9.17) is 9.47 Å². The molecule has 2 aromatic rings. The predicted octanol–water partition coefficient (Wildman–Crippen LogP) is 2.92. The van der Waals surface area contributed by atoms with E-state index in [9.17, 15) is 4.79 Å². The number of para-hydroxylation sites is 2. The molecule has 2 aromatic carbocycles. The van der Waals surface area contributed by atoms with Gasteiger partial charge in [-0.3, -0.25) is 4.79 Å². The Morgan fingerprint density at radius 3 is 2.78 bits per heavy atom. The van der Waals surface area contributed by atoms with Gasteiger partial charge in [-0.1, -0.05) is 12.1 Å². The summed E-state index contributed by atoms with van der Waals surface area (Å²) in [5.74, 6) is 1.58. The van der Waals surface area contributed by atoms with E-state index in [2.05, 4.69) is 5.32 Å². The summed E-state index contributed by atoms with van der Waals surface area (Å²) in [6.45, 7) is 4.16. The van der Waals surface area contributed by atoms with Crippen molar-refractivity contribution in [3.63, 3.8) is 0 Å². The monoisotopic (exact) mass is 312 g/mol. The maximum absolute atomic E-state index is 12.3. The van der Waals surface area contributed by atoms with Crippen molar-refractivity contribution in [2.75, 3.05) is 36.5 Å². The lowest BCUT2D eigenvalue weighted by molar-refractivity contribution is -0.115. The third kappa shape index (κ3) is 3.74. The average Bonchev–Trinajstić information content (AvgIpc) is 2.57. The van der Waals surface area contributed by atoms with Crippen LogP contribution in [0.4, 0.5) is 11.4 Å². The molecular weight excluding hydrogens is 292 g/mol. The van der Waals surface area contributed by atoms with Gasteiger partial charge in [0.1, 0.15) is 18.1 Å². The molecule has 0 radical (unpaired) electrons. The van der Waals surface area contributed by atoms with Crippen LogP contribution in [0.3, 0.4) is 0 Å². The van der Waals surface area contributed by atoms with Gasteiger partial charge >= 0.3 is 0 Å². The summed E-state index contributed by atoms with van der Waals surface area (Å²) in [4.78, 5) is 14.3. The highest BCUT2D eigenvalue weighted by molar-refractivity contribution is 5.94. The third-order valence-electron chi connectivity index (χ3n) is 3.61. The zero-order valence-corrected chi connectivity index (χ0v) is 13.1. The van der Waals surface area contributed by atoms with E-state index in [1.807, 2.05) is 60.4 Å². The molecular formula is C18H20N2O3. The maximum Gasteiger partial charge on any atom is 0.243 e. The number of rotatable bonds is 5. The Morgan fingerprint density at radius 1 is 1.22 bits per heavy atom. The second kappa shape index (κ2) is 7.05. The molecule has 0 aromatic heterocycles. The summed E-state index contributed by atoms with van der Waals surface area (Å²) in [7, 11) is 0. The van der Waals surface area contributed by atoms with Crippen LogP contribution in [-0.4, -0.2) is 32.2 Å². The molecule has 1 N–H and O–H groups in total. The van der Waals surface area contributed by atoms with Crippen LogP contribution in [0.15, 0.2) is 48.5 Å². The number of anilines is 2. The molecule has 0 saturated heterocycles. The summed E-state index contributed by atoms with van der Waals surface area (Å²) in [5.41, 5.74) is 1.72. The highest BCUT2D eigenvalue weighted by Crippen LogP contribution is 2.30. The van der Waals surface area contributed by atoms with Gasteiger partial charge in [-0.25, -0.2) is 0 Å². The molecule has 1 aliphatic heterocycles. The molecule has 120 valence electrons. The Bertz CT molecular complexity index is 670. The molecule has 1 heterocycles. The molecule has 0 aliphatic carbocycles. The third-order valence-corrected chi connectivity index (χ3v) is 3.61. The second-order valence-corrected chi connectivity index (χ2v) is 5.24. The van der Waals surface area contributed by atoms with Gasteiger partial charge in [-0.2, -0.15) is 0 Å². The molecule has 0 unspecified atom stereocenters. The molecule has 0 atom stereocenters. The number of carbonyl (C=O) groups excluding carboxylic acids is 1. The molecule has 3 rings (SSSR count). The summed E-state index contributed by atoms with van der Waals surface area (Å²) in [6.07, 6.45) is 0. The normalized spacial score (nSPS) is 13.0. The lowest BCUT2D eigenvalue weighted by atomic mass is 10.2. The van der Waals surface area contributed by atoms with Crippen LogP contribution in [0.1, 0.15) is 6.92 Å². The van der Waals surface area contributed by atoms with Crippen molar-refractivity contribution < 1.29 is 14.3 Å². The molecule has 23 heavy (non-hydrogen) atoms. The Labute approximate surface area is 135 Å². The van der Waals surface area contributed by atoms with E-state index in [-0.39, 0.29) is 5.91 Å². The highest BCUT2D eigenvalue weighted by atomic mass is 16.5. The zero-order valence-electron chi connectivity index (χ0n) is 13.1. The molecule has 5 nitrogen and oxygen atoms in total. The maximum atomic E-state index is 12.3. The van der Waals surface area contributed by atoms with Crippen LogP contribution in [0, 0.1) is 0 Å². The van der Waals surface area contributed by atoms with E-state index in [1.165, 1.54) is 0 Å². The van der Waals surface area contributed by atoms with Crippen molar-refractivity contribution in [2.45, 2.75) is 6.92 Å². The van der Waals surface area contributed by atoms with Gasteiger partial charge in [0.05, 0.1) is 25.4 Å². The van der Waals surface area contributed by atoms with E-state index in [0.717, 1.165) is 22.9 Å². The molecule has 1 amide bonds. The van der Waals surface area contributed by atoms with E-state index in [0.29, 0.717) is 26.3 Å². The van der Waals surface area contributed by atoms with Crippen molar-refractivity contribution in [1.29, 1.82) is 0 Å². The molecule has 0 spiro atoms. The van der Waals surface area contributed by atoms with E-state index in [1.54, 1.807) is 0 Å². The van der Waals surface area contributed by atoms with Crippen LogP contribution in [-0.2, 0) is 4.79 Å². The van der Waals surface area contributed by atoms with Gasteiger partial charge in [0, 0.05) is 5.69 Å². The molecule has 5 heteroatoms. The number of fused-ring (bicyclic) bond motifs is 1. The Balaban J connectivity index is 1.62. The van der Waals surface area contributed by atoms with E-state index < -0.39 is 0 Å². The fraction of sp³-hybridized carbons (Fsp3) is 0.278. The fourth-order valence-corrected chi connectivity index (χ4v) is 2.57. The van der Waals surface area contributed by atoms with Crippen LogP contribution in [0.2, 0.25) is 0 Å². The standard InChI is InChI=1S/C18H20N2O3/c1-2-22-15-9-7-14(8-10-15)19-18(21)13-20-11-12-23-17-6-4-3-5-16(17)20/h3-10H,2,11-13H2,1H3,(H,19,21). The largest absolute Gasteiger partial charge is 0.494 e. The first-order chi connectivity index (χ1) is 11.3. The first kappa shape index (κ1) is 15.2. The zero-order chi connectivity index (χ0) is 16.1. The first-order valence-electron chi connectivity index (χ1n) is 7.76. The quantitative estimate of drug-likeness (QED) is 0.922. The number of hydrogen-bond donors (Lipinski definition) is 1. The molecule has 0 fully saturated rings. The smallest absolute Gasteiger partial charge is 0.243 e. The minimum Gasteiger partial charge on any atom is -0.494 e. The molecule has 0 bridgehead atoms. The Morgan fingerprint density at radius 2 is 2.00 bits per heavy atom. The minimum atomic E-state index is -0.0501. The molecule has 0 saturated carbocycles. The number of hydrogen-bond acceptors (Lipinski definition) is 4. The summed E-state index contributed by atoms with van der Waals surface area (Å²) in [6, 6.07) is 15.2. The summed E-state index contributed by atoms with van der Waals surface area (Å²) in [5, 5.41) is 2.91. The highest BCUT2D eigenvalue weighted by Gasteiger charge is 2.19. The second-order valence-electron chi connectivity index (χ2n) is 5.24. The fourth-order valence-electron chi connectivity index (χ4n) is 2.57. The lowest BCUT2D eigenvalue weighted by Gasteiger charge is -2.30. The van der Waals surface area contributed by atoms with Gasteiger partial charge in [0.25, 0.3) is 0 Å². The summed E-state index contributed by atoms with van der Waals surface area (Å²) < 4.78 is 11.0. The number of nitrogens with zero attached hydrogens (tertiary/aromatic N) is 1. The Kier molecular flexibility index (Phi) is 4.66. The number of benzene rings is 2. The molecule has 1 aliphatic rings. The first-order valence-corrected chi connectivity index (χ1v) is 7.76. The van der Waals surface area contributed by atoms with Crippen LogP contribution in [0.5, 0.6) is 11.5 Å². The minimum absolute atomic E-state index is 0.0501. The number of carbonyl (C=O) groups is 1. The number of ether oxygens (including phenoxy) is 2. The van der Waals surface area contributed by atoms with Crippen LogP contribution >= 0.6 is 0 Å². The van der Waals surface area contributed by atoms with Crippen molar-refractivity contribution in [3.8, 4) is 11.5 Å². The van der Waals surface area contributed by atoms with Crippen LogP contribution < -0.4 is 19.7 Å².